The molecule has 0 atom stereocenters. The van der Waals surface area contributed by atoms with Crippen LogP contribution in [0.3, 0.4) is 0 Å². The van der Waals surface area contributed by atoms with Crippen molar-refractivity contribution in [2.24, 2.45) is 0 Å². The number of nitrogens with zero attached hydrogens (tertiary/aromatic N) is 1. The second-order valence-corrected chi connectivity index (χ2v) is 3.99. The number of carbonyl (C=O) groups excluding carboxylic acids is 1. The number of methoxy groups -OCH3 is 1. The molecule has 0 aliphatic carbocycles. The Balaban J connectivity index is 3.42. The second kappa shape index (κ2) is 11.2. The fourth-order valence-corrected chi connectivity index (χ4v) is 1.35. The zero-order valence-corrected chi connectivity index (χ0v) is 11.0. The lowest BCUT2D eigenvalue weighted by Crippen LogP contribution is -2.31. The molecular formula is C11H22ClNO3. The fraction of sp³-hybridized carbons (Fsp3) is 0.909. The molecule has 0 saturated heterocycles. The van der Waals surface area contributed by atoms with Gasteiger partial charge in [-0.15, -0.1) is 11.6 Å². The van der Waals surface area contributed by atoms with Crippen LogP contribution in [0.4, 0.5) is 0 Å². The van der Waals surface area contributed by atoms with Crippen LogP contribution in [0.25, 0.3) is 0 Å². The first-order valence-corrected chi connectivity index (χ1v) is 6.12. The Bertz CT molecular complexity index is 179. The van der Waals surface area contributed by atoms with Crippen LogP contribution in [0.15, 0.2) is 0 Å². The zero-order chi connectivity index (χ0) is 12.2. The Hall–Kier alpha value is -0.320. The van der Waals surface area contributed by atoms with E-state index in [0.29, 0.717) is 19.1 Å². The Morgan fingerprint density at radius 2 is 2.00 bits per heavy atom. The maximum Gasteiger partial charge on any atom is 0.248 e. The number of ether oxygens (including phenoxy) is 2. The highest BCUT2D eigenvalue weighted by Gasteiger charge is 2.07. The summed E-state index contributed by atoms with van der Waals surface area (Å²) in [4.78, 5) is 13.2. The summed E-state index contributed by atoms with van der Waals surface area (Å²) >= 11 is 5.57. The van der Waals surface area contributed by atoms with Gasteiger partial charge in [0.2, 0.25) is 5.91 Å². The van der Waals surface area contributed by atoms with Crippen LogP contribution in [-0.4, -0.2) is 57.2 Å². The average molecular weight is 252 g/mol. The van der Waals surface area contributed by atoms with Gasteiger partial charge >= 0.3 is 0 Å². The first-order chi connectivity index (χ1) is 7.72. The molecular weight excluding hydrogens is 230 g/mol. The molecule has 0 aromatic rings. The summed E-state index contributed by atoms with van der Waals surface area (Å²) < 4.78 is 9.96. The maximum absolute atomic E-state index is 11.5. The van der Waals surface area contributed by atoms with Gasteiger partial charge in [-0.25, -0.2) is 0 Å². The highest BCUT2D eigenvalue weighted by molar-refractivity contribution is 6.17. The van der Waals surface area contributed by atoms with Crippen LogP contribution in [0.1, 0.15) is 19.3 Å². The fourth-order valence-electron chi connectivity index (χ4n) is 1.16. The van der Waals surface area contributed by atoms with Crippen molar-refractivity contribution in [3.63, 3.8) is 0 Å². The zero-order valence-electron chi connectivity index (χ0n) is 10.2. The van der Waals surface area contributed by atoms with Crippen LogP contribution in [0.2, 0.25) is 0 Å². The molecule has 0 radical (unpaired) electrons. The predicted octanol–water partition coefficient (Wildman–Crippen LogP) is 1.52. The molecule has 5 heteroatoms. The highest BCUT2D eigenvalue weighted by atomic mass is 35.5. The van der Waals surface area contributed by atoms with Crippen LogP contribution < -0.4 is 0 Å². The van der Waals surface area contributed by atoms with Gasteiger partial charge in [0.05, 0.1) is 13.2 Å². The number of unbranched alkanes of at least 4 members (excludes halogenated alkanes) is 2. The van der Waals surface area contributed by atoms with Crippen molar-refractivity contribution in [2.75, 3.05) is 46.4 Å². The summed E-state index contributed by atoms with van der Waals surface area (Å²) in [7, 11) is 3.40. The quantitative estimate of drug-likeness (QED) is 0.437. The number of likely N-dealkylation sites (N-methyl/N-ethyl adjacent to an activating group) is 1. The van der Waals surface area contributed by atoms with Crippen molar-refractivity contribution in [1.29, 1.82) is 0 Å². The van der Waals surface area contributed by atoms with Gasteiger partial charge in [0.15, 0.2) is 0 Å². The third kappa shape index (κ3) is 8.95. The minimum absolute atomic E-state index is 0.0157. The molecule has 1 amide bonds. The topological polar surface area (TPSA) is 38.8 Å². The summed E-state index contributed by atoms with van der Waals surface area (Å²) in [6.45, 7) is 1.88. The van der Waals surface area contributed by atoms with Gasteiger partial charge < -0.3 is 14.4 Å². The summed E-state index contributed by atoms with van der Waals surface area (Å²) in [6.07, 6.45) is 3.06. The molecule has 0 bridgehead atoms. The lowest BCUT2D eigenvalue weighted by molar-refractivity contribution is -0.135. The van der Waals surface area contributed by atoms with Gasteiger partial charge in [-0.05, 0) is 12.8 Å². The standard InChI is InChI=1S/C11H22ClNO3/c1-13(7-5-3-4-6-12)11(14)10-16-9-8-15-2/h3-10H2,1-2H3. The molecule has 0 aromatic carbocycles. The minimum atomic E-state index is 0.0157. The Morgan fingerprint density at radius 3 is 2.62 bits per heavy atom. The molecule has 0 fully saturated rings. The van der Waals surface area contributed by atoms with Crippen molar-refractivity contribution in [3.8, 4) is 0 Å². The predicted molar refractivity (Wildman–Crippen MR) is 64.9 cm³/mol. The smallest absolute Gasteiger partial charge is 0.248 e. The highest BCUT2D eigenvalue weighted by Crippen LogP contribution is 1.99. The molecule has 0 saturated carbocycles. The SMILES string of the molecule is COCCOCC(=O)N(C)CCCCCCl. The van der Waals surface area contributed by atoms with Gasteiger partial charge in [-0.1, -0.05) is 6.42 Å². The first kappa shape index (κ1) is 15.7. The van der Waals surface area contributed by atoms with E-state index in [2.05, 4.69) is 0 Å². The average Bonchev–Trinajstić information content (AvgIpc) is 2.29. The normalized spacial score (nSPS) is 10.4. The van der Waals surface area contributed by atoms with E-state index in [-0.39, 0.29) is 12.5 Å². The number of carbonyl (C=O) groups is 1. The number of hydrogen-bond donors (Lipinski definition) is 0. The summed E-state index contributed by atoms with van der Waals surface area (Å²) in [5.41, 5.74) is 0. The molecule has 0 spiro atoms. The molecule has 96 valence electrons. The van der Waals surface area contributed by atoms with Gasteiger partial charge in [0.25, 0.3) is 0 Å². The maximum atomic E-state index is 11.5. The van der Waals surface area contributed by atoms with Crippen LogP contribution in [-0.2, 0) is 14.3 Å². The molecule has 0 aliphatic rings. The first-order valence-electron chi connectivity index (χ1n) is 5.59. The molecule has 0 N–H and O–H groups in total. The third-order valence-electron chi connectivity index (χ3n) is 2.21. The molecule has 0 aromatic heterocycles. The van der Waals surface area contributed by atoms with Crippen molar-refractivity contribution >= 4 is 17.5 Å². The van der Waals surface area contributed by atoms with E-state index in [1.807, 2.05) is 0 Å². The van der Waals surface area contributed by atoms with Crippen LogP contribution >= 0.6 is 11.6 Å². The van der Waals surface area contributed by atoms with Gasteiger partial charge in [-0.3, -0.25) is 4.79 Å². The van der Waals surface area contributed by atoms with E-state index in [1.54, 1.807) is 19.1 Å². The van der Waals surface area contributed by atoms with Crippen LogP contribution in [0.5, 0.6) is 0 Å². The molecule has 0 heterocycles. The van der Waals surface area contributed by atoms with Crippen LogP contribution in [0, 0.1) is 0 Å². The Labute approximate surface area is 103 Å². The number of hydrogen-bond acceptors (Lipinski definition) is 3. The molecule has 0 aliphatic heterocycles. The van der Waals surface area contributed by atoms with Crippen molar-refractivity contribution in [1.82, 2.24) is 4.90 Å². The minimum Gasteiger partial charge on any atom is -0.382 e. The van der Waals surface area contributed by atoms with Crippen molar-refractivity contribution in [2.45, 2.75) is 19.3 Å². The van der Waals surface area contributed by atoms with E-state index in [4.69, 9.17) is 21.1 Å². The number of rotatable bonds is 10. The Morgan fingerprint density at radius 1 is 1.25 bits per heavy atom. The number of alkyl halides is 1. The Kier molecular flexibility index (Phi) is 11.0. The largest absolute Gasteiger partial charge is 0.382 e. The lowest BCUT2D eigenvalue weighted by atomic mass is 10.2. The van der Waals surface area contributed by atoms with E-state index in [9.17, 15) is 4.79 Å². The van der Waals surface area contributed by atoms with Gasteiger partial charge in [0.1, 0.15) is 6.61 Å². The van der Waals surface area contributed by atoms with Crippen molar-refractivity contribution < 1.29 is 14.3 Å². The van der Waals surface area contributed by atoms with E-state index in [0.717, 1.165) is 25.8 Å². The summed E-state index contributed by atoms with van der Waals surface area (Å²) in [5, 5.41) is 0. The summed E-state index contributed by atoms with van der Waals surface area (Å²) in [5.74, 6) is 0.708. The molecule has 4 nitrogen and oxygen atoms in total. The molecule has 0 rings (SSSR count). The monoisotopic (exact) mass is 251 g/mol. The molecule has 16 heavy (non-hydrogen) atoms. The molecule has 0 unspecified atom stereocenters. The van der Waals surface area contributed by atoms with E-state index < -0.39 is 0 Å². The number of amides is 1. The lowest BCUT2D eigenvalue weighted by Gasteiger charge is -2.16. The van der Waals surface area contributed by atoms with Gasteiger partial charge in [0, 0.05) is 26.6 Å². The van der Waals surface area contributed by atoms with Crippen molar-refractivity contribution in [3.05, 3.63) is 0 Å². The third-order valence-corrected chi connectivity index (χ3v) is 2.48. The van der Waals surface area contributed by atoms with E-state index >= 15 is 0 Å². The number of halogens is 1. The van der Waals surface area contributed by atoms with E-state index in [1.165, 1.54) is 0 Å². The summed E-state index contributed by atoms with van der Waals surface area (Å²) in [6, 6.07) is 0. The second-order valence-electron chi connectivity index (χ2n) is 3.61. The van der Waals surface area contributed by atoms with Gasteiger partial charge in [-0.2, -0.15) is 0 Å².